The Balaban J connectivity index is 2.34. The Morgan fingerprint density at radius 1 is 1.21 bits per heavy atom. The third-order valence-corrected chi connectivity index (χ3v) is 4.43. The highest BCUT2D eigenvalue weighted by atomic mass is 16.5. The molecule has 0 radical (unpaired) electrons. The largest absolute Gasteiger partial charge is 0.489 e. The van der Waals surface area contributed by atoms with E-state index >= 15 is 0 Å². The average molecular weight is 262 g/mol. The molecule has 1 saturated carbocycles. The summed E-state index contributed by atoms with van der Waals surface area (Å²) in [5.74, 6) is 0.818. The van der Waals surface area contributed by atoms with E-state index in [0.717, 1.165) is 17.7 Å². The lowest BCUT2D eigenvalue weighted by molar-refractivity contribution is 0.0970. The second-order valence-electron chi connectivity index (χ2n) is 6.64. The summed E-state index contributed by atoms with van der Waals surface area (Å²) in [7, 11) is 0. The molecule has 1 aliphatic rings. The smallest absolute Gasteiger partial charge is 0.138 e. The van der Waals surface area contributed by atoms with E-state index in [2.05, 4.69) is 24.9 Å². The first-order valence-electron chi connectivity index (χ1n) is 7.26. The molecule has 1 aromatic heterocycles. The summed E-state index contributed by atoms with van der Waals surface area (Å²) in [6.07, 6.45) is 8.47. The Morgan fingerprint density at radius 3 is 2.53 bits per heavy atom. The maximum absolute atomic E-state index is 6.76. The molecule has 2 N–H and O–H groups in total. The van der Waals surface area contributed by atoms with Gasteiger partial charge in [-0.1, -0.05) is 26.7 Å². The number of nitrogens with zero attached hydrogens (tertiary/aromatic N) is 1. The first kappa shape index (κ1) is 14.3. The summed E-state index contributed by atoms with van der Waals surface area (Å²) in [5, 5.41) is 0. The van der Waals surface area contributed by atoms with Crippen LogP contribution in [0.5, 0.6) is 5.75 Å². The van der Waals surface area contributed by atoms with E-state index in [-0.39, 0.29) is 17.1 Å². The molecule has 0 bridgehead atoms. The first-order chi connectivity index (χ1) is 8.85. The SMILES string of the molecule is CC(C)Oc1cncc(C2(N)CCCCC2(C)C)c1. The molecule has 0 aliphatic heterocycles. The van der Waals surface area contributed by atoms with Crippen LogP contribution in [0, 0.1) is 5.41 Å². The Kier molecular flexibility index (Phi) is 3.86. The van der Waals surface area contributed by atoms with Crippen LogP contribution in [-0.4, -0.2) is 11.1 Å². The van der Waals surface area contributed by atoms with Crippen LogP contribution in [-0.2, 0) is 5.54 Å². The van der Waals surface area contributed by atoms with Crippen LogP contribution in [0.3, 0.4) is 0 Å². The molecule has 19 heavy (non-hydrogen) atoms. The molecule has 1 aromatic rings. The normalized spacial score (nSPS) is 26.4. The Hall–Kier alpha value is -1.09. The van der Waals surface area contributed by atoms with Crippen LogP contribution in [0.15, 0.2) is 18.5 Å². The minimum atomic E-state index is -0.297. The van der Waals surface area contributed by atoms with Gasteiger partial charge < -0.3 is 10.5 Å². The van der Waals surface area contributed by atoms with Crippen LogP contribution in [0.4, 0.5) is 0 Å². The predicted molar refractivity (Wildman–Crippen MR) is 78.1 cm³/mol. The Bertz CT molecular complexity index is 442. The first-order valence-corrected chi connectivity index (χ1v) is 7.26. The van der Waals surface area contributed by atoms with Gasteiger partial charge in [-0.15, -0.1) is 0 Å². The molecule has 0 aromatic carbocycles. The standard InChI is InChI=1S/C16H26N2O/c1-12(2)19-14-9-13(10-18-11-14)16(17)8-6-5-7-15(16,3)4/h9-12H,5-8,17H2,1-4H3. The van der Waals surface area contributed by atoms with Gasteiger partial charge in [0.25, 0.3) is 0 Å². The molecule has 2 rings (SSSR count). The van der Waals surface area contributed by atoms with Crippen molar-refractivity contribution >= 4 is 0 Å². The van der Waals surface area contributed by atoms with Gasteiger partial charge in [0.05, 0.1) is 12.3 Å². The second kappa shape index (κ2) is 5.12. The van der Waals surface area contributed by atoms with Gasteiger partial charge in [0, 0.05) is 11.7 Å². The van der Waals surface area contributed by atoms with E-state index in [9.17, 15) is 0 Å². The predicted octanol–water partition coefficient (Wildman–Crippen LogP) is 3.62. The van der Waals surface area contributed by atoms with Gasteiger partial charge in [-0.25, -0.2) is 0 Å². The molecule has 0 spiro atoms. The van der Waals surface area contributed by atoms with Crippen molar-refractivity contribution in [2.75, 3.05) is 0 Å². The van der Waals surface area contributed by atoms with Crippen molar-refractivity contribution in [3.05, 3.63) is 24.0 Å². The van der Waals surface area contributed by atoms with Crippen LogP contribution >= 0.6 is 0 Å². The van der Waals surface area contributed by atoms with Crippen molar-refractivity contribution in [2.45, 2.75) is 65.0 Å². The van der Waals surface area contributed by atoms with Gasteiger partial charge >= 0.3 is 0 Å². The van der Waals surface area contributed by atoms with Crippen LogP contribution < -0.4 is 10.5 Å². The van der Waals surface area contributed by atoms with Crippen molar-refractivity contribution in [3.63, 3.8) is 0 Å². The molecule has 3 heteroatoms. The molecular formula is C16H26N2O. The summed E-state index contributed by atoms with van der Waals surface area (Å²) < 4.78 is 5.74. The fourth-order valence-corrected chi connectivity index (χ4v) is 3.07. The molecule has 1 unspecified atom stereocenters. The van der Waals surface area contributed by atoms with E-state index in [4.69, 9.17) is 10.5 Å². The topological polar surface area (TPSA) is 48.1 Å². The lowest BCUT2D eigenvalue weighted by atomic mass is 9.61. The van der Waals surface area contributed by atoms with Gasteiger partial charge in [0.2, 0.25) is 0 Å². The number of nitrogens with two attached hydrogens (primary N) is 1. The zero-order chi connectivity index (χ0) is 14.1. The highest BCUT2D eigenvalue weighted by molar-refractivity contribution is 5.31. The van der Waals surface area contributed by atoms with Crippen molar-refractivity contribution in [1.29, 1.82) is 0 Å². The van der Waals surface area contributed by atoms with Crippen LogP contribution in [0.25, 0.3) is 0 Å². The minimum Gasteiger partial charge on any atom is -0.489 e. The minimum absolute atomic E-state index is 0.101. The summed E-state index contributed by atoms with van der Waals surface area (Å²) >= 11 is 0. The van der Waals surface area contributed by atoms with Gasteiger partial charge in [-0.3, -0.25) is 4.98 Å². The number of ether oxygens (including phenoxy) is 1. The molecule has 3 nitrogen and oxygen atoms in total. The van der Waals surface area contributed by atoms with Gasteiger partial charge in [0.15, 0.2) is 0 Å². The fourth-order valence-electron chi connectivity index (χ4n) is 3.07. The van der Waals surface area contributed by atoms with E-state index in [1.807, 2.05) is 20.0 Å². The van der Waals surface area contributed by atoms with Gasteiger partial charge in [-0.05, 0) is 43.7 Å². The molecule has 1 fully saturated rings. The average Bonchev–Trinajstić information content (AvgIpc) is 2.32. The quantitative estimate of drug-likeness (QED) is 0.905. The zero-order valence-corrected chi connectivity index (χ0v) is 12.6. The monoisotopic (exact) mass is 262 g/mol. The third-order valence-electron chi connectivity index (χ3n) is 4.43. The fraction of sp³-hybridized carbons (Fsp3) is 0.688. The molecule has 1 atom stereocenters. The molecule has 0 amide bonds. The van der Waals surface area contributed by atoms with E-state index in [1.54, 1.807) is 6.20 Å². The number of aromatic nitrogens is 1. The van der Waals surface area contributed by atoms with Crippen molar-refractivity contribution in [3.8, 4) is 5.75 Å². The van der Waals surface area contributed by atoms with Gasteiger partial charge in [0.1, 0.15) is 5.75 Å². The second-order valence-corrected chi connectivity index (χ2v) is 6.64. The third kappa shape index (κ3) is 2.76. The van der Waals surface area contributed by atoms with Crippen molar-refractivity contribution in [1.82, 2.24) is 4.98 Å². The summed E-state index contributed by atoms with van der Waals surface area (Å²) in [4.78, 5) is 4.32. The summed E-state index contributed by atoms with van der Waals surface area (Å²) in [6.45, 7) is 8.58. The number of hydrogen-bond acceptors (Lipinski definition) is 3. The highest BCUT2D eigenvalue weighted by Gasteiger charge is 2.45. The van der Waals surface area contributed by atoms with Crippen LogP contribution in [0.2, 0.25) is 0 Å². The molecule has 0 saturated heterocycles. The lowest BCUT2D eigenvalue weighted by Crippen LogP contribution is -2.51. The number of pyridine rings is 1. The summed E-state index contributed by atoms with van der Waals surface area (Å²) in [5.41, 5.74) is 7.67. The van der Waals surface area contributed by atoms with E-state index in [0.29, 0.717) is 0 Å². The Labute approximate surface area is 116 Å². The van der Waals surface area contributed by atoms with E-state index < -0.39 is 0 Å². The maximum atomic E-state index is 6.76. The lowest BCUT2D eigenvalue weighted by Gasteiger charge is -2.48. The zero-order valence-electron chi connectivity index (χ0n) is 12.6. The van der Waals surface area contributed by atoms with Crippen LogP contribution in [0.1, 0.15) is 58.9 Å². The van der Waals surface area contributed by atoms with Crippen molar-refractivity contribution < 1.29 is 4.74 Å². The molecule has 106 valence electrons. The Morgan fingerprint density at radius 2 is 1.89 bits per heavy atom. The molecule has 1 heterocycles. The van der Waals surface area contributed by atoms with Crippen molar-refractivity contribution in [2.24, 2.45) is 11.1 Å². The molecule has 1 aliphatic carbocycles. The van der Waals surface area contributed by atoms with E-state index in [1.165, 1.54) is 19.3 Å². The number of rotatable bonds is 3. The maximum Gasteiger partial charge on any atom is 0.138 e. The van der Waals surface area contributed by atoms with Gasteiger partial charge in [-0.2, -0.15) is 0 Å². The summed E-state index contributed by atoms with van der Waals surface area (Å²) in [6, 6.07) is 2.07. The molecular weight excluding hydrogens is 236 g/mol. The highest BCUT2D eigenvalue weighted by Crippen LogP contribution is 2.48. The number of hydrogen-bond donors (Lipinski definition) is 1.